The molecule has 0 heterocycles. The molecule has 0 atom stereocenters. The summed E-state index contributed by atoms with van der Waals surface area (Å²) in [5.41, 5.74) is 0.0811. The summed E-state index contributed by atoms with van der Waals surface area (Å²) in [6.45, 7) is 4.11. The van der Waals surface area contributed by atoms with Crippen LogP contribution in [0.2, 0.25) is 0 Å². The lowest BCUT2D eigenvalue weighted by Crippen LogP contribution is -2.05. The third-order valence-electron chi connectivity index (χ3n) is 1.65. The van der Waals surface area contributed by atoms with E-state index in [1.54, 1.807) is 0 Å². The van der Waals surface area contributed by atoms with Crippen molar-refractivity contribution in [3.63, 3.8) is 0 Å². The molecule has 1 aromatic rings. The standard InChI is InChI=1S/C11H13ClO3/c1-8(2)15-10-5-3-9(4-6-10)7-14-11(12)13/h3-6,8H,7H2,1-2H3. The van der Waals surface area contributed by atoms with Crippen LogP contribution in [0.5, 0.6) is 5.75 Å². The normalized spacial score (nSPS) is 10.1. The van der Waals surface area contributed by atoms with E-state index >= 15 is 0 Å². The van der Waals surface area contributed by atoms with E-state index in [1.807, 2.05) is 38.1 Å². The van der Waals surface area contributed by atoms with Crippen LogP contribution >= 0.6 is 11.6 Å². The highest BCUT2D eigenvalue weighted by Gasteiger charge is 2.00. The van der Waals surface area contributed by atoms with Gasteiger partial charge in [0.1, 0.15) is 12.4 Å². The molecule has 1 aromatic carbocycles. The zero-order valence-electron chi connectivity index (χ0n) is 8.70. The molecule has 0 radical (unpaired) electrons. The fraction of sp³-hybridized carbons (Fsp3) is 0.364. The Balaban J connectivity index is 2.52. The maximum Gasteiger partial charge on any atom is 0.404 e. The van der Waals surface area contributed by atoms with Gasteiger partial charge in [-0.15, -0.1) is 0 Å². The summed E-state index contributed by atoms with van der Waals surface area (Å²) in [6.07, 6.45) is 0.150. The van der Waals surface area contributed by atoms with E-state index in [1.165, 1.54) is 0 Å². The van der Waals surface area contributed by atoms with Gasteiger partial charge >= 0.3 is 5.43 Å². The third kappa shape index (κ3) is 4.70. The molecule has 1 rings (SSSR count). The molecule has 0 saturated carbocycles. The molecule has 0 spiro atoms. The molecule has 3 nitrogen and oxygen atoms in total. The molecule has 0 aliphatic heterocycles. The van der Waals surface area contributed by atoms with Crippen molar-refractivity contribution in [1.82, 2.24) is 0 Å². The molecular weight excluding hydrogens is 216 g/mol. The van der Waals surface area contributed by atoms with E-state index < -0.39 is 5.43 Å². The molecular formula is C11H13ClO3. The second-order valence-corrected chi connectivity index (χ2v) is 3.65. The van der Waals surface area contributed by atoms with Crippen molar-refractivity contribution in [2.45, 2.75) is 26.6 Å². The van der Waals surface area contributed by atoms with Gasteiger partial charge in [-0.3, -0.25) is 0 Å². The molecule has 0 unspecified atom stereocenters. The van der Waals surface area contributed by atoms with Gasteiger partial charge in [0.05, 0.1) is 6.10 Å². The first-order valence-electron chi connectivity index (χ1n) is 4.66. The van der Waals surface area contributed by atoms with E-state index in [-0.39, 0.29) is 12.7 Å². The number of hydrogen-bond donors (Lipinski definition) is 0. The van der Waals surface area contributed by atoms with Gasteiger partial charge in [0.25, 0.3) is 0 Å². The Morgan fingerprint density at radius 1 is 1.33 bits per heavy atom. The Morgan fingerprint density at radius 2 is 1.93 bits per heavy atom. The highest BCUT2D eigenvalue weighted by molar-refractivity contribution is 6.61. The Morgan fingerprint density at radius 3 is 2.40 bits per heavy atom. The van der Waals surface area contributed by atoms with Gasteiger partial charge in [-0.25, -0.2) is 4.79 Å². The van der Waals surface area contributed by atoms with Crippen LogP contribution in [-0.4, -0.2) is 11.5 Å². The minimum Gasteiger partial charge on any atom is -0.491 e. The van der Waals surface area contributed by atoms with Crippen LogP contribution in [0.4, 0.5) is 4.79 Å². The Labute approximate surface area is 93.9 Å². The summed E-state index contributed by atoms with van der Waals surface area (Å²) in [4.78, 5) is 10.3. The number of benzene rings is 1. The average Bonchev–Trinajstić information content (AvgIpc) is 2.16. The van der Waals surface area contributed by atoms with Gasteiger partial charge in [-0.2, -0.15) is 0 Å². The lowest BCUT2D eigenvalue weighted by atomic mass is 10.2. The fourth-order valence-corrected chi connectivity index (χ4v) is 1.13. The average molecular weight is 229 g/mol. The summed E-state index contributed by atoms with van der Waals surface area (Å²) in [5.74, 6) is 0.797. The van der Waals surface area contributed by atoms with Gasteiger partial charge in [0.15, 0.2) is 0 Å². The zero-order valence-corrected chi connectivity index (χ0v) is 9.45. The van der Waals surface area contributed by atoms with Crippen molar-refractivity contribution in [3.8, 4) is 5.75 Å². The summed E-state index contributed by atoms with van der Waals surface area (Å²) < 4.78 is 10.1. The van der Waals surface area contributed by atoms with Gasteiger partial charge in [0, 0.05) is 11.6 Å². The van der Waals surface area contributed by atoms with Crippen LogP contribution < -0.4 is 4.74 Å². The first kappa shape index (κ1) is 11.9. The van der Waals surface area contributed by atoms with Crippen molar-refractivity contribution in [3.05, 3.63) is 29.8 Å². The van der Waals surface area contributed by atoms with Crippen LogP contribution in [0, 0.1) is 0 Å². The lowest BCUT2D eigenvalue weighted by molar-refractivity contribution is 0.167. The monoisotopic (exact) mass is 228 g/mol. The van der Waals surface area contributed by atoms with Crippen LogP contribution in [-0.2, 0) is 11.3 Å². The topological polar surface area (TPSA) is 35.5 Å². The van der Waals surface area contributed by atoms with Crippen molar-refractivity contribution >= 4 is 17.0 Å². The van der Waals surface area contributed by atoms with Crippen LogP contribution in [0.1, 0.15) is 19.4 Å². The first-order chi connectivity index (χ1) is 7.08. The molecule has 0 aromatic heterocycles. The Kier molecular flexibility index (Phi) is 4.43. The quantitative estimate of drug-likeness (QED) is 0.742. The molecule has 0 aliphatic rings. The predicted octanol–water partition coefficient (Wildman–Crippen LogP) is 3.35. The molecule has 0 aliphatic carbocycles. The summed E-state index contributed by atoms with van der Waals surface area (Å²) in [5, 5.41) is 0. The molecule has 0 amide bonds. The van der Waals surface area contributed by atoms with E-state index in [0.717, 1.165) is 11.3 Å². The SMILES string of the molecule is CC(C)Oc1ccc(COC(=O)Cl)cc1. The van der Waals surface area contributed by atoms with E-state index in [2.05, 4.69) is 4.74 Å². The van der Waals surface area contributed by atoms with Crippen LogP contribution in [0.15, 0.2) is 24.3 Å². The first-order valence-corrected chi connectivity index (χ1v) is 5.03. The minimum atomic E-state index is -0.794. The molecule has 0 saturated heterocycles. The van der Waals surface area contributed by atoms with Gasteiger partial charge in [-0.05, 0) is 31.5 Å². The number of carbonyl (C=O) groups is 1. The molecule has 4 heteroatoms. The van der Waals surface area contributed by atoms with Crippen molar-refractivity contribution < 1.29 is 14.3 Å². The van der Waals surface area contributed by atoms with Gasteiger partial charge in [-0.1, -0.05) is 12.1 Å². The van der Waals surface area contributed by atoms with E-state index in [9.17, 15) is 4.79 Å². The van der Waals surface area contributed by atoms with Gasteiger partial charge in [0.2, 0.25) is 0 Å². The maximum atomic E-state index is 10.3. The molecule has 82 valence electrons. The third-order valence-corrected chi connectivity index (χ3v) is 1.76. The predicted molar refractivity (Wildman–Crippen MR) is 58.2 cm³/mol. The van der Waals surface area contributed by atoms with E-state index in [0.29, 0.717) is 0 Å². The summed E-state index contributed by atoms with van der Waals surface area (Å²) in [6, 6.07) is 7.32. The van der Waals surface area contributed by atoms with Crippen molar-refractivity contribution in [1.29, 1.82) is 0 Å². The fourth-order valence-electron chi connectivity index (χ4n) is 1.08. The lowest BCUT2D eigenvalue weighted by Gasteiger charge is -2.09. The van der Waals surface area contributed by atoms with E-state index in [4.69, 9.17) is 16.3 Å². The largest absolute Gasteiger partial charge is 0.491 e. The number of halogens is 1. The molecule has 0 bridgehead atoms. The number of carbonyl (C=O) groups excluding carboxylic acids is 1. The molecule has 0 N–H and O–H groups in total. The second kappa shape index (κ2) is 5.61. The maximum absolute atomic E-state index is 10.3. The van der Waals surface area contributed by atoms with Gasteiger partial charge < -0.3 is 9.47 Å². The second-order valence-electron chi connectivity index (χ2n) is 3.34. The summed E-state index contributed by atoms with van der Waals surface area (Å²) >= 11 is 5.04. The Hall–Kier alpha value is -1.22. The van der Waals surface area contributed by atoms with Crippen LogP contribution in [0.25, 0.3) is 0 Å². The Bertz CT molecular complexity index is 319. The van der Waals surface area contributed by atoms with Crippen LogP contribution in [0.3, 0.4) is 0 Å². The number of rotatable bonds is 4. The highest BCUT2D eigenvalue weighted by atomic mass is 35.5. The van der Waals surface area contributed by atoms with Crippen molar-refractivity contribution in [2.75, 3.05) is 0 Å². The number of ether oxygens (including phenoxy) is 2. The summed E-state index contributed by atoms with van der Waals surface area (Å²) in [7, 11) is 0. The van der Waals surface area contributed by atoms with Crippen molar-refractivity contribution in [2.24, 2.45) is 0 Å². The minimum absolute atomic E-state index is 0.150. The highest BCUT2D eigenvalue weighted by Crippen LogP contribution is 2.14. The molecule has 0 fully saturated rings. The smallest absolute Gasteiger partial charge is 0.404 e. The zero-order chi connectivity index (χ0) is 11.3. The number of hydrogen-bond acceptors (Lipinski definition) is 3. The molecule has 15 heavy (non-hydrogen) atoms.